The van der Waals surface area contributed by atoms with Gasteiger partial charge in [0.05, 0.1) is 17.6 Å². The molecule has 1 N–H and O–H groups in total. The average Bonchev–Trinajstić information content (AvgIpc) is 3.24. The van der Waals surface area contributed by atoms with Gasteiger partial charge in [-0.2, -0.15) is 5.10 Å². The molecule has 1 aromatic carbocycles. The van der Waals surface area contributed by atoms with Gasteiger partial charge in [-0.3, -0.25) is 13.8 Å². The van der Waals surface area contributed by atoms with Crippen molar-refractivity contribution in [3.8, 4) is 0 Å². The van der Waals surface area contributed by atoms with Crippen molar-refractivity contribution in [1.29, 1.82) is 0 Å². The first-order chi connectivity index (χ1) is 12.7. The Balaban J connectivity index is 1.82. The molecule has 146 valence electrons. The molecule has 0 saturated carbocycles. The van der Waals surface area contributed by atoms with Crippen LogP contribution in [0.15, 0.2) is 24.3 Å². The quantitative estimate of drug-likeness (QED) is 0.842. The highest BCUT2D eigenvalue weighted by Gasteiger charge is 2.23. The van der Waals surface area contributed by atoms with E-state index in [9.17, 15) is 13.2 Å². The van der Waals surface area contributed by atoms with Crippen LogP contribution in [0.1, 0.15) is 28.9 Å². The van der Waals surface area contributed by atoms with E-state index < -0.39 is 10.0 Å². The molecule has 2 heterocycles. The molecule has 1 fully saturated rings. The number of anilines is 3. The molecule has 0 spiro atoms. The van der Waals surface area contributed by atoms with E-state index in [0.29, 0.717) is 11.3 Å². The number of aryl methyl sites for hydroxylation is 1. The van der Waals surface area contributed by atoms with E-state index in [2.05, 4.69) is 15.3 Å². The summed E-state index contributed by atoms with van der Waals surface area (Å²) in [5.74, 6) is 0.550. The maximum absolute atomic E-state index is 12.7. The first-order valence-corrected chi connectivity index (χ1v) is 10.7. The van der Waals surface area contributed by atoms with E-state index in [1.807, 2.05) is 14.0 Å². The molecule has 1 aliphatic heterocycles. The number of nitrogens with zero attached hydrogens (tertiary/aromatic N) is 4. The molecular weight excluding hydrogens is 366 g/mol. The number of rotatable bonds is 5. The van der Waals surface area contributed by atoms with Crippen molar-refractivity contribution in [2.75, 3.05) is 40.9 Å². The SMILES string of the molecule is Cc1c(NC(=O)c2ccc(N(C)S(C)(=O)=O)cc2)c(N2CCCC2)nn1C. The van der Waals surface area contributed by atoms with Crippen molar-refractivity contribution in [3.05, 3.63) is 35.5 Å². The van der Waals surface area contributed by atoms with Gasteiger partial charge in [-0.25, -0.2) is 8.42 Å². The van der Waals surface area contributed by atoms with Crippen LogP contribution in [0.3, 0.4) is 0 Å². The molecule has 8 nitrogen and oxygen atoms in total. The second-order valence-corrected chi connectivity index (χ2v) is 8.85. The zero-order valence-corrected chi connectivity index (χ0v) is 16.9. The number of nitrogens with one attached hydrogen (secondary N) is 1. The second kappa shape index (κ2) is 7.22. The zero-order valence-electron chi connectivity index (χ0n) is 16.1. The Bertz CT molecular complexity index is 944. The lowest BCUT2D eigenvalue weighted by Crippen LogP contribution is -2.25. The third-order valence-electron chi connectivity index (χ3n) is 4.95. The molecule has 0 atom stereocenters. The maximum Gasteiger partial charge on any atom is 0.255 e. The second-order valence-electron chi connectivity index (χ2n) is 6.83. The first-order valence-electron chi connectivity index (χ1n) is 8.82. The van der Waals surface area contributed by atoms with Crippen LogP contribution in [0.25, 0.3) is 0 Å². The van der Waals surface area contributed by atoms with Crippen LogP contribution >= 0.6 is 0 Å². The molecule has 3 rings (SSSR count). The standard InChI is InChI=1S/C18H25N5O3S/c1-13-16(17(20-21(13)2)23-11-5-6-12-23)19-18(24)14-7-9-15(10-8-14)22(3)27(4,25)26/h7-10H,5-6,11-12H2,1-4H3,(H,19,24). The molecule has 1 aromatic heterocycles. The van der Waals surface area contributed by atoms with Crippen molar-refractivity contribution in [3.63, 3.8) is 0 Å². The minimum Gasteiger partial charge on any atom is -0.353 e. The van der Waals surface area contributed by atoms with E-state index in [4.69, 9.17) is 0 Å². The number of carbonyl (C=O) groups is 1. The van der Waals surface area contributed by atoms with Crippen molar-refractivity contribution in [2.24, 2.45) is 7.05 Å². The Morgan fingerprint density at radius 3 is 2.33 bits per heavy atom. The van der Waals surface area contributed by atoms with Gasteiger partial charge in [0.1, 0.15) is 5.69 Å². The molecule has 1 saturated heterocycles. The summed E-state index contributed by atoms with van der Waals surface area (Å²) in [6.45, 7) is 3.80. The van der Waals surface area contributed by atoms with Gasteiger partial charge in [0.15, 0.2) is 5.82 Å². The van der Waals surface area contributed by atoms with E-state index in [0.717, 1.165) is 49.4 Å². The topological polar surface area (TPSA) is 87.5 Å². The van der Waals surface area contributed by atoms with E-state index in [-0.39, 0.29) is 5.91 Å². The van der Waals surface area contributed by atoms with Crippen LogP contribution in [0.5, 0.6) is 0 Å². The number of sulfonamides is 1. The third kappa shape index (κ3) is 3.92. The fraction of sp³-hybridized carbons (Fsp3) is 0.444. The maximum atomic E-state index is 12.7. The Labute approximate surface area is 159 Å². The number of amides is 1. The van der Waals surface area contributed by atoms with Crippen molar-refractivity contribution >= 4 is 33.1 Å². The van der Waals surface area contributed by atoms with Crippen LogP contribution in [-0.4, -0.2) is 50.5 Å². The van der Waals surface area contributed by atoms with E-state index in [1.165, 1.54) is 11.4 Å². The van der Waals surface area contributed by atoms with Gasteiger partial charge in [-0.15, -0.1) is 0 Å². The third-order valence-corrected chi connectivity index (χ3v) is 6.16. The van der Waals surface area contributed by atoms with E-state index in [1.54, 1.807) is 28.9 Å². The molecule has 1 aliphatic rings. The van der Waals surface area contributed by atoms with Crippen LogP contribution in [0.2, 0.25) is 0 Å². The minimum atomic E-state index is -3.34. The highest BCUT2D eigenvalue weighted by atomic mass is 32.2. The van der Waals surface area contributed by atoms with Gasteiger partial charge in [0.25, 0.3) is 5.91 Å². The molecule has 0 bridgehead atoms. The molecule has 27 heavy (non-hydrogen) atoms. The van der Waals surface area contributed by atoms with Gasteiger partial charge < -0.3 is 10.2 Å². The number of carbonyl (C=O) groups excluding carboxylic acids is 1. The summed E-state index contributed by atoms with van der Waals surface area (Å²) in [6, 6.07) is 6.47. The van der Waals surface area contributed by atoms with Crippen molar-refractivity contribution in [2.45, 2.75) is 19.8 Å². The molecule has 0 aliphatic carbocycles. The van der Waals surface area contributed by atoms with Gasteiger partial charge in [0.2, 0.25) is 10.0 Å². The fourth-order valence-electron chi connectivity index (χ4n) is 3.09. The van der Waals surface area contributed by atoms with Crippen molar-refractivity contribution < 1.29 is 13.2 Å². The van der Waals surface area contributed by atoms with Crippen LogP contribution in [0, 0.1) is 6.92 Å². The lowest BCUT2D eigenvalue weighted by Gasteiger charge is -2.18. The normalized spacial score (nSPS) is 14.4. The summed E-state index contributed by atoms with van der Waals surface area (Å²) in [5, 5.41) is 7.53. The Kier molecular flexibility index (Phi) is 5.14. The van der Waals surface area contributed by atoms with Gasteiger partial charge in [0, 0.05) is 32.7 Å². The highest BCUT2D eigenvalue weighted by Crippen LogP contribution is 2.31. The monoisotopic (exact) mass is 391 g/mol. The summed E-state index contributed by atoms with van der Waals surface area (Å²) in [4.78, 5) is 14.9. The summed E-state index contributed by atoms with van der Waals surface area (Å²) < 4.78 is 26.2. The van der Waals surface area contributed by atoms with Gasteiger partial charge in [-0.1, -0.05) is 0 Å². The molecule has 2 aromatic rings. The summed E-state index contributed by atoms with van der Waals surface area (Å²) in [6.07, 6.45) is 3.38. The van der Waals surface area contributed by atoms with Crippen LogP contribution in [0.4, 0.5) is 17.2 Å². The average molecular weight is 391 g/mol. The minimum absolute atomic E-state index is 0.250. The molecule has 0 unspecified atom stereocenters. The molecular formula is C18H25N5O3S. The summed E-state index contributed by atoms with van der Waals surface area (Å²) in [5.41, 5.74) is 2.57. The van der Waals surface area contributed by atoms with Gasteiger partial charge >= 0.3 is 0 Å². The smallest absolute Gasteiger partial charge is 0.255 e. The first kappa shape index (κ1) is 19.2. The predicted molar refractivity (Wildman–Crippen MR) is 107 cm³/mol. The molecule has 9 heteroatoms. The lowest BCUT2D eigenvalue weighted by atomic mass is 10.2. The lowest BCUT2D eigenvalue weighted by molar-refractivity contribution is 0.102. The van der Waals surface area contributed by atoms with Gasteiger partial charge in [-0.05, 0) is 44.0 Å². The number of aromatic nitrogens is 2. The van der Waals surface area contributed by atoms with Crippen molar-refractivity contribution in [1.82, 2.24) is 9.78 Å². The highest BCUT2D eigenvalue weighted by molar-refractivity contribution is 7.92. The Morgan fingerprint density at radius 1 is 1.19 bits per heavy atom. The predicted octanol–water partition coefficient (Wildman–Crippen LogP) is 1.98. The zero-order chi connectivity index (χ0) is 19.8. The number of hydrogen-bond acceptors (Lipinski definition) is 5. The number of benzene rings is 1. The summed E-state index contributed by atoms with van der Waals surface area (Å²) in [7, 11) is 0.000146. The molecule has 1 amide bonds. The fourth-order valence-corrected chi connectivity index (χ4v) is 3.59. The van der Waals surface area contributed by atoms with E-state index >= 15 is 0 Å². The largest absolute Gasteiger partial charge is 0.353 e. The molecule has 0 radical (unpaired) electrons. The van der Waals surface area contributed by atoms with Crippen LogP contribution < -0.4 is 14.5 Å². The Hall–Kier alpha value is -2.55. The Morgan fingerprint density at radius 2 is 1.78 bits per heavy atom. The number of hydrogen-bond donors (Lipinski definition) is 1. The summed E-state index contributed by atoms with van der Waals surface area (Å²) >= 11 is 0. The van der Waals surface area contributed by atoms with Crippen LogP contribution in [-0.2, 0) is 17.1 Å².